The molecule has 1 N–H and O–H groups in total. The van der Waals surface area contributed by atoms with Gasteiger partial charge in [-0.3, -0.25) is 9.69 Å². The highest BCUT2D eigenvalue weighted by Gasteiger charge is 2.27. The first-order valence-electron chi connectivity index (χ1n) is 11.3. The van der Waals surface area contributed by atoms with Gasteiger partial charge in [-0.2, -0.15) is 0 Å². The predicted octanol–water partition coefficient (Wildman–Crippen LogP) is 5.65. The Morgan fingerprint density at radius 2 is 1.43 bits per heavy atom. The third kappa shape index (κ3) is 7.14. The van der Waals surface area contributed by atoms with Crippen molar-refractivity contribution in [2.24, 2.45) is 5.92 Å². The molecule has 3 nitrogen and oxygen atoms in total. The van der Waals surface area contributed by atoms with E-state index in [9.17, 15) is 4.79 Å². The van der Waals surface area contributed by atoms with Crippen LogP contribution >= 0.6 is 12.4 Å². The van der Waals surface area contributed by atoms with E-state index in [1.807, 2.05) is 0 Å². The molecule has 1 aliphatic heterocycles. The number of hydrogen-bond acceptors (Lipinski definition) is 2. The van der Waals surface area contributed by atoms with Crippen molar-refractivity contribution in [1.29, 1.82) is 0 Å². The second kappa shape index (κ2) is 12.8. The summed E-state index contributed by atoms with van der Waals surface area (Å²) >= 11 is 0. The molecule has 0 radical (unpaired) electrons. The van der Waals surface area contributed by atoms with Gasteiger partial charge in [0.15, 0.2) is 0 Å². The van der Waals surface area contributed by atoms with Crippen LogP contribution in [0, 0.1) is 5.92 Å². The Kier molecular flexibility index (Phi) is 10.4. The second-order valence-electron chi connectivity index (χ2n) is 8.70. The smallest absolute Gasteiger partial charge is 0.237 e. The zero-order chi connectivity index (χ0) is 20.5. The van der Waals surface area contributed by atoms with Gasteiger partial charge in [0.25, 0.3) is 0 Å². The summed E-state index contributed by atoms with van der Waals surface area (Å²) in [5.41, 5.74) is 2.62. The first-order valence-corrected chi connectivity index (χ1v) is 11.3. The summed E-state index contributed by atoms with van der Waals surface area (Å²) in [5.74, 6) is 1.03. The van der Waals surface area contributed by atoms with Crippen molar-refractivity contribution in [3.63, 3.8) is 0 Å². The van der Waals surface area contributed by atoms with Crippen LogP contribution in [-0.4, -0.2) is 36.5 Å². The van der Waals surface area contributed by atoms with Gasteiger partial charge in [0, 0.05) is 12.5 Å². The van der Waals surface area contributed by atoms with E-state index in [1.54, 1.807) is 0 Å². The van der Waals surface area contributed by atoms with Gasteiger partial charge in [-0.05, 0) is 55.8 Å². The van der Waals surface area contributed by atoms with Crippen LogP contribution in [0.5, 0.6) is 0 Å². The number of carbonyl (C=O) groups excluding carboxylic acids is 1. The number of piperidine rings is 1. The van der Waals surface area contributed by atoms with Crippen molar-refractivity contribution in [2.45, 2.75) is 57.9 Å². The molecule has 164 valence electrons. The van der Waals surface area contributed by atoms with Crippen LogP contribution in [0.1, 0.15) is 63.0 Å². The predicted molar refractivity (Wildman–Crippen MR) is 128 cm³/mol. The van der Waals surface area contributed by atoms with Crippen LogP contribution in [0.3, 0.4) is 0 Å². The maximum atomic E-state index is 13.1. The molecule has 0 aromatic heterocycles. The van der Waals surface area contributed by atoms with Gasteiger partial charge in [0.2, 0.25) is 5.91 Å². The van der Waals surface area contributed by atoms with Crippen LogP contribution in [0.4, 0.5) is 0 Å². The Balaban J connectivity index is 0.00000320. The fourth-order valence-corrected chi connectivity index (χ4v) is 4.45. The molecule has 1 fully saturated rings. The summed E-state index contributed by atoms with van der Waals surface area (Å²) in [6.45, 7) is 7.24. The molecule has 1 saturated heterocycles. The zero-order valence-electron chi connectivity index (χ0n) is 18.4. The number of likely N-dealkylation sites (tertiary alicyclic amines) is 1. The molecule has 2 aromatic rings. The maximum Gasteiger partial charge on any atom is 0.237 e. The fourth-order valence-electron chi connectivity index (χ4n) is 4.45. The fraction of sp³-hybridized carbons (Fsp3) is 0.500. The second-order valence-corrected chi connectivity index (χ2v) is 8.70. The largest absolute Gasteiger partial charge is 0.355 e. The Hall–Kier alpha value is -1.84. The van der Waals surface area contributed by atoms with Crippen LogP contribution in [0.15, 0.2) is 60.7 Å². The number of halogens is 1. The van der Waals surface area contributed by atoms with Crippen LogP contribution < -0.4 is 5.32 Å². The first kappa shape index (κ1) is 24.4. The molecule has 1 aliphatic rings. The number of rotatable bonds is 9. The molecule has 2 aromatic carbocycles. The quantitative estimate of drug-likeness (QED) is 0.559. The lowest BCUT2D eigenvalue weighted by atomic mass is 9.88. The average Bonchev–Trinajstić information content (AvgIpc) is 2.76. The summed E-state index contributed by atoms with van der Waals surface area (Å²) in [4.78, 5) is 15.5. The van der Waals surface area contributed by atoms with Gasteiger partial charge in [-0.15, -0.1) is 12.4 Å². The van der Waals surface area contributed by atoms with Gasteiger partial charge in [-0.25, -0.2) is 0 Å². The highest BCUT2D eigenvalue weighted by molar-refractivity contribution is 5.85. The number of hydrogen-bond donors (Lipinski definition) is 1. The lowest BCUT2D eigenvalue weighted by molar-refractivity contribution is -0.127. The third-order valence-electron chi connectivity index (χ3n) is 5.96. The molecular formula is C26H37ClN2O. The minimum absolute atomic E-state index is 0. The number of nitrogens with zero attached hydrogens (tertiary/aromatic N) is 1. The van der Waals surface area contributed by atoms with E-state index >= 15 is 0 Å². The van der Waals surface area contributed by atoms with E-state index in [0.29, 0.717) is 18.4 Å². The average molecular weight is 429 g/mol. The molecule has 1 heterocycles. The van der Waals surface area contributed by atoms with E-state index in [2.05, 4.69) is 84.7 Å². The lowest BCUT2D eigenvalue weighted by Gasteiger charge is -2.34. The summed E-state index contributed by atoms with van der Waals surface area (Å²) < 4.78 is 0. The van der Waals surface area contributed by atoms with Crippen molar-refractivity contribution in [3.05, 3.63) is 71.8 Å². The molecule has 3 rings (SSSR count). The van der Waals surface area contributed by atoms with E-state index in [0.717, 1.165) is 25.9 Å². The molecule has 1 amide bonds. The van der Waals surface area contributed by atoms with Crippen molar-refractivity contribution >= 4 is 18.3 Å². The van der Waals surface area contributed by atoms with Crippen LogP contribution in [-0.2, 0) is 4.79 Å². The van der Waals surface area contributed by atoms with Gasteiger partial charge in [0.05, 0.1) is 6.04 Å². The van der Waals surface area contributed by atoms with Gasteiger partial charge < -0.3 is 5.32 Å². The summed E-state index contributed by atoms with van der Waals surface area (Å²) in [6, 6.07) is 21.3. The standard InChI is InChI=1S/C26H36N2O.ClH/c1-21(2)20-25(28-18-10-5-11-19-28)26(29)27-17-16-24(22-12-6-3-7-13-22)23-14-8-4-9-15-23;/h3-4,6-9,12-15,21,24-25H,5,10-11,16-20H2,1-2H3,(H,27,29);1H/t25-;/m0./s1. The molecule has 0 unspecified atom stereocenters. The Labute approximate surface area is 188 Å². The van der Waals surface area contributed by atoms with Crippen molar-refractivity contribution in [2.75, 3.05) is 19.6 Å². The topological polar surface area (TPSA) is 32.3 Å². The molecule has 30 heavy (non-hydrogen) atoms. The van der Waals surface area contributed by atoms with Crippen LogP contribution in [0.2, 0.25) is 0 Å². The van der Waals surface area contributed by atoms with E-state index in [1.165, 1.54) is 30.4 Å². The van der Waals surface area contributed by atoms with Crippen molar-refractivity contribution < 1.29 is 4.79 Å². The molecule has 0 saturated carbocycles. The Morgan fingerprint density at radius 3 is 1.93 bits per heavy atom. The summed E-state index contributed by atoms with van der Waals surface area (Å²) in [6.07, 6.45) is 5.57. The monoisotopic (exact) mass is 428 g/mol. The summed E-state index contributed by atoms with van der Waals surface area (Å²) in [5, 5.41) is 3.27. The van der Waals surface area contributed by atoms with E-state index < -0.39 is 0 Å². The normalized spacial score (nSPS) is 15.6. The number of benzene rings is 2. The molecular weight excluding hydrogens is 392 g/mol. The number of nitrogens with one attached hydrogen (secondary N) is 1. The minimum atomic E-state index is 0. The molecule has 0 bridgehead atoms. The third-order valence-corrected chi connectivity index (χ3v) is 5.96. The minimum Gasteiger partial charge on any atom is -0.355 e. The Morgan fingerprint density at radius 1 is 0.900 bits per heavy atom. The molecule has 1 atom stereocenters. The highest BCUT2D eigenvalue weighted by atomic mass is 35.5. The summed E-state index contributed by atoms with van der Waals surface area (Å²) in [7, 11) is 0. The lowest BCUT2D eigenvalue weighted by Crippen LogP contribution is -2.49. The van der Waals surface area contributed by atoms with Gasteiger partial charge >= 0.3 is 0 Å². The maximum absolute atomic E-state index is 13.1. The number of carbonyl (C=O) groups is 1. The van der Waals surface area contributed by atoms with Gasteiger partial charge in [0.1, 0.15) is 0 Å². The highest BCUT2D eigenvalue weighted by Crippen LogP contribution is 2.27. The van der Waals surface area contributed by atoms with E-state index in [4.69, 9.17) is 0 Å². The molecule has 0 aliphatic carbocycles. The van der Waals surface area contributed by atoms with Crippen molar-refractivity contribution in [3.8, 4) is 0 Å². The van der Waals surface area contributed by atoms with Gasteiger partial charge in [-0.1, -0.05) is 80.9 Å². The SMILES string of the molecule is CC(C)C[C@@H](C(=O)NCCC(c1ccccc1)c1ccccc1)N1CCCCC1.Cl. The van der Waals surface area contributed by atoms with E-state index in [-0.39, 0.29) is 24.4 Å². The van der Waals surface area contributed by atoms with Crippen LogP contribution in [0.25, 0.3) is 0 Å². The zero-order valence-corrected chi connectivity index (χ0v) is 19.2. The molecule has 4 heteroatoms. The Bertz CT molecular complexity index is 690. The number of amides is 1. The first-order chi connectivity index (χ1) is 14.1. The van der Waals surface area contributed by atoms with Crippen molar-refractivity contribution in [1.82, 2.24) is 10.2 Å². The molecule has 0 spiro atoms.